The van der Waals surface area contributed by atoms with Gasteiger partial charge in [0.1, 0.15) is 6.10 Å². The molecule has 0 radical (unpaired) electrons. The third kappa shape index (κ3) is 7.76. The number of aliphatic carboxylic acids is 1. The molecule has 0 aromatic carbocycles. The molecule has 1 atom stereocenters. The molecule has 0 amide bonds. The average molecular weight is 214 g/mol. The number of carboxylic acid groups (broad SMARTS) is 1. The van der Waals surface area contributed by atoms with Crippen LogP contribution in [0.15, 0.2) is 25.0 Å². The number of hydrogen-bond donors (Lipinski definition) is 1. The number of carbonyl (C=O) groups is 1. The Hall–Kier alpha value is -1.29. The van der Waals surface area contributed by atoms with Crippen molar-refractivity contribution in [2.45, 2.75) is 25.9 Å². The van der Waals surface area contributed by atoms with Gasteiger partial charge in [-0.2, -0.15) is 0 Å². The average Bonchev–Trinajstić information content (AvgIpc) is 2.17. The highest BCUT2D eigenvalue weighted by molar-refractivity contribution is 5.85. The lowest BCUT2D eigenvalue weighted by Crippen LogP contribution is -2.14. The van der Waals surface area contributed by atoms with Gasteiger partial charge in [-0.3, -0.25) is 0 Å². The van der Waals surface area contributed by atoms with Gasteiger partial charge in [-0.25, -0.2) is 4.79 Å². The van der Waals surface area contributed by atoms with Gasteiger partial charge >= 0.3 is 5.97 Å². The second-order valence-corrected chi connectivity index (χ2v) is 3.20. The molecule has 0 aromatic rings. The maximum Gasteiger partial charge on any atom is 0.330 e. The van der Waals surface area contributed by atoms with E-state index in [1.54, 1.807) is 0 Å². The second-order valence-electron chi connectivity index (χ2n) is 3.20. The Morgan fingerprint density at radius 2 is 2.27 bits per heavy atom. The first-order valence-corrected chi connectivity index (χ1v) is 4.83. The van der Waals surface area contributed by atoms with Gasteiger partial charge in [0.25, 0.3) is 0 Å². The van der Waals surface area contributed by atoms with Crippen LogP contribution in [0.2, 0.25) is 0 Å². The van der Waals surface area contributed by atoms with Gasteiger partial charge in [-0.15, -0.1) is 0 Å². The zero-order valence-electron chi connectivity index (χ0n) is 9.07. The molecule has 1 unspecified atom stereocenters. The molecule has 0 heterocycles. The summed E-state index contributed by atoms with van der Waals surface area (Å²) in [5, 5.41) is 8.53. The monoisotopic (exact) mass is 214 g/mol. The molecule has 0 aliphatic heterocycles. The molecule has 0 spiro atoms. The molecule has 0 aromatic heterocycles. The van der Waals surface area contributed by atoms with Crippen molar-refractivity contribution in [3.05, 3.63) is 25.0 Å². The van der Waals surface area contributed by atoms with E-state index in [0.29, 0.717) is 26.1 Å². The fourth-order valence-electron chi connectivity index (χ4n) is 0.947. The molecule has 1 N–H and O–H groups in total. The molecule has 0 rings (SSSR count). The van der Waals surface area contributed by atoms with E-state index < -0.39 is 5.97 Å². The van der Waals surface area contributed by atoms with Crippen LogP contribution in [0.25, 0.3) is 0 Å². The van der Waals surface area contributed by atoms with Gasteiger partial charge in [-0.05, 0) is 19.8 Å². The van der Waals surface area contributed by atoms with Crippen molar-refractivity contribution in [2.75, 3.05) is 13.2 Å². The Bertz CT molecular complexity index is 223. The van der Waals surface area contributed by atoms with Crippen LogP contribution in [0.4, 0.5) is 0 Å². The lowest BCUT2D eigenvalue weighted by Gasteiger charge is -2.11. The summed E-state index contributed by atoms with van der Waals surface area (Å²) in [4.78, 5) is 10.4. The summed E-state index contributed by atoms with van der Waals surface area (Å²) in [7, 11) is 0. The summed E-state index contributed by atoms with van der Waals surface area (Å²) in [5.74, 6) is -0.946. The molecular weight excluding hydrogens is 196 g/mol. The van der Waals surface area contributed by atoms with E-state index in [1.807, 2.05) is 6.92 Å². The Morgan fingerprint density at radius 3 is 2.80 bits per heavy atom. The lowest BCUT2D eigenvalue weighted by atomic mass is 10.2. The molecule has 0 bridgehead atoms. The minimum absolute atomic E-state index is 0.0230. The summed E-state index contributed by atoms with van der Waals surface area (Å²) >= 11 is 0. The number of carboxylic acids is 1. The van der Waals surface area contributed by atoms with Crippen LogP contribution in [-0.4, -0.2) is 30.4 Å². The molecular formula is C11H18O4. The standard InChI is InChI=1S/C11H18O4/c1-4-15-10(3)8-14-7-5-6-9(2)11(12)13/h4,10H,1-2,5-8H2,3H3,(H,12,13). The van der Waals surface area contributed by atoms with Crippen LogP contribution >= 0.6 is 0 Å². The summed E-state index contributed by atoms with van der Waals surface area (Å²) in [5.41, 5.74) is 0.217. The third-order valence-corrected chi connectivity index (χ3v) is 1.75. The molecule has 0 fully saturated rings. The van der Waals surface area contributed by atoms with Gasteiger partial charge in [0.05, 0.1) is 12.9 Å². The van der Waals surface area contributed by atoms with Crippen molar-refractivity contribution in [3.63, 3.8) is 0 Å². The predicted octanol–water partition coefficient (Wildman–Crippen LogP) is 1.97. The molecule has 0 aliphatic carbocycles. The SMILES string of the molecule is C=COC(C)COCCCC(=C)C(=O)O. The van der Waals surface area contributed by atoms with Gasteiger partial charge < -0.3 is 14.6 Å². The van der Waals surface area contributed by atoms with E-state index in [1.165, 1.54) is 6.26 Å². The van der Waals surface area contributed by atoms with E-state index in [9.17, 15) is 4.79 Å². The molecule has 86 valence electrons. The fraction of sp³-hybridized carbons (Fsp3) is 0.545. The highest BCUT2D eigenvalue weighted by Crippen LogP contribution is 2.02. The van der Waals surface area contributed by atoms with Crippen molar-refractivity contribution in [2.24, 2.45) is 0 Å². The first-order chi connectivity index (χ1) is 7.07. The van der Waals surface area contributed by atoms with Crippen molar-refractivity contribution < 1.29 is 19.4 Å². The zero-order valence-corrected chi connectivity index (χ0v) is 9.07. The fourth-order valence-corrected chi connectivity index (χ4v) is 0.947. The Morgan fingerprint density at radius 1 is 1.60 bits per heavy atom. The minimum Gasteiger partial charge on any atom is -0.497 e. The van der Waals surface area contributed by atoms with E-state index >= 15 is 0 Å². The first-order valence-electron chi connectivity index (χ1n) is 4.83. The molecule has 15 heavy (non-hydrogen) atoms. The van der Waals surface area contributed by atoms with Gasteiger partial charge in [-0.1, -0.05) is 13.2 Å². The largest absolute Gasteiger partial charge is 0.497 e. The Balaban J connectivity index is 3.35. The highest BCUT2D eigenvalue weighted by atomic mass is 16.5. The second kappa shape index (κ2) is 8.05. The van der Waals surface area contributed by atoms with E-state index in [4.69, 9.17) is 14.6 Å². The zero-order chi connectivity index (χ0) is 11.7. The van der Waals surface area contributed by atoms with E-state index in [0.717, 1.165) is 0 Å². The van der Waals surface area contributed by atoms with Gasteiger partial charge in [0.2, 0.25) is 0 Å². The lowest BCUT2D eigenvalue weighted by molar-refractivity contribution is -0.132. The number of hydrogen-bond acceptors (Lipinski definition) is 3. The van der Waals surface area contributed by atoms with Gasteiger partial charge in [0, 0.05) is 12.2 Å². The normalized spacial score (nSPS) is 11.8. The van der Waals surface area contributed by atoms with Crippen LogP contribution < -0.4 is 0 Å². The summed E-state index contributed by atoms with van der Waals surface area (Å²) < 4.78 is 10.3. The van der Waals surface area contributed by atoms with Crippen LogP contribution in [0.3, 0.4) is 0 Å². The van der Waals surface area contributed by atoms with Crippen LogP contribution in [0, 0.1) is 0 Å². The highest BCUT2D eigenvalue weighted by Gasteiger charge is 2.04. The topological polar surface area (TPSA) is 55.8 Å². The smallest absolute Gasteiger partial charge is 0.330 e. The van der Waals surface area contributed by atoms with E-state index in [-0.39, 0.29) is 11.7 Å². The molecule has 0 saturated carbocycles. The van der Waals surface area contributed by atoms with Crippen molar-refractivity contribution >= 4 is 5.97 Å². The molecule has 4 heteroatoms. The molecule has 4 nitrogen and oxygen atoms in total. The minimum atomic E-state index is -0.946. The Kier molecular flexibility index (Phi) is 7.36. The molecule has 0 aliphatic rings. The molecule has 0 saturated heterocycles. The summed E-state index contributed by atoms with van der Waals surface area (Å²) in [6.07, 6.45) is 2.46. The van der Waals surface area contributed by atoms with Crippen molar-refractivity contribution in [3.8, 4) is 0 Å². The summed E-state index contributed by atoms with van der Waals surface area (Å²) in [6, 6.07) is 0. The van der Waals surface area contributed by atoms with Crippen molar-refractivity contribution in [1.29, 1.82) is 0 Å². The van der Waals surface area contributed by atoms with Gasteiger partial charge in [0.15, 0.2) is 0 Å². The predicted molar refractivity (Wildman–Crippen MR) is 57.6 cm³/mol. The van der Waals surface area contributed by atoms with Crippen molar-refractivity contribution in [1.82, 2.24) is 0 Å². The van der Waals surface area contributed by atoms with E-state index in [2.05, 4.69) is 13.2 Å². The quantitative estimate of drug-likeness (QED) is 0.362. The van der Waals surface area contributed by atoms with Crippen LogP contribution in [-0.2, 0) is 14.3 Å². The number of ether oxygens (including phenoxy) is 2. The Labute approximate surface area is 90.2 Å². The summed E-state index contributed by atoms with van der Waals surface area (Å²) in [6.45, 7) is 9.72. The maximum atomic E-state index is 10.4. The van der Waals surface area contributed by atoms with Crippen LogP contribution in [0.1, 0.15) is 19.8 Å². The van der Waals surface area contributed by atoms with Crippen LogP contribution in [0.5, 0.6) is 0 Å². The maximum absolute atomic E-state index is 10.4. The third-order valence-electron chi connectivity index (χ3n) is 1.75. The number of rotatable bonds is 9. The first kappa shape index (κ1) is 13.7.